The summed E-state index contributed by atoms with van der Waals surface area (Å²) in [6.45, 7) is 0.0855. The minimum atomic E-state index is -0.557. The van der Waals surface area contributed by atoms with Gasteiger partial charge in [-0.3, -0.25) is 10.1 Å². The van der Waals surface area contributed by atoms with Crippen molar-refractivity contribution in [2.75, 3.05) is 5.73 Å². The average Bonchev–Trinajstić information content (AvgIpc) is 2.41. The summed E-state index contributed by atoms with van der Waals surface area (Å²) in [5.74, 6) is -0.101. The molecule has 0 atom stereocenters. The number of rotatable bonds is 4. The topological polar surface area (TPSA) is 78.4 Å². The van der Waals surface area contributed by atoms with Crippen molar-refractivity contribution in [2.45, 2.75) is 6.61 Å². The quantitative estimate of drug-likeness (QED) is 0.523. The third kappa shape index (κ3) is 3.24. The second-order valence-corrected chi connectivity index (χ2v) is 4.87. The van der Waals surface area contributed by atoms with Crippen LogP contribution in [-0.4, -0.2) is 4.92 Å². The summed E-state index contributed by atoms with van der Waals surface area (Å²) >= 11 is 3.04. The fourth-order valence-electron chi connectivity index (χ4n) is 1.57. The molecule has 20 heavy (non-hydrogen) atoms. The highest BCUT2D eigenvalue weighted by Crippen LogP contribution is 2.24. The summed E-state index contributed by atoms with van der Waals surface area (Å²) in [5.41, 5.74) is 5.99. The van der Waals surface area contributed by atoms with Crippen molar-refractivity contribution in [1.82, 2.24) is 0 Å². The first-order valence-corrected chi connectivity index (χ1v) is 6.37. The van der Waals surface area contributed by atoms with Crippen LogP contribution in [0, 0.1) is 15.9 Å². The van der Waals surface area contributed by atoms with Gasteiger partial charge in [0.05, 0.1) is 9.40 Å². The highest BCUT2D eigenvalue weighted by Gasteiger charge is 2.12. The lowest BCUT2D eigenvalue weighted by molar-refractivity contribution is -0.384. The number of nitrogens with two attached hydrogens (primary N) is 1. The number of ether oxygens (including phenoxy) is 1. The largest absolute Gasteiger partial charge is 0.489 e. The molecule has 0 amide bonds. The molecule has 0 aliphatic rings. The number of nitrogens with zero attached hydrogens (tertiary/aromatic N) is 1. The Morgan fingerprint density at radius 1 is 1.30 bits per heavy atom. The van der Waals surface area contributed by atoms with E-state index in [9.17, 15) is 14.5 Å². The van der Waals surface area contributed by atoms with E-state index >= 15 is 0 Å². The Bertz CT molecular complexity index is 664. The molecule has 0 unspecified atom stereocenters. The lowest BCUT2D eigenvalue weighted by atomic mass is 10.2. The van der Waals surface area contributed by atoms with Gasteiger partial charge in [0, 0.05) is 12.1 Å². The summed E-state index contributed by atoms with van der Waals surface area (Å²) in [6.07, 6.45) is 0. The van der Waals surface area contributed by atoms with Gasteiger partial charge < -0.3 is 10.5 Å². The maximum Gasteiger partial charge on any atom is 0.292 e. The molecule has 0 aliphatic carbocycles. The first-order valence-electron chi connectivity index (χ1n) is 5.58. The van der Waals surface area contributed by atoms with Crippen molar-refractivity contribution in [3.63, 3.8) is 0 Å². The van der Waals surface area contributed by atoms with E-state index in [2.05, 4.69) is 15.9 Å². The maximum absolute atomic E-state index is 13.3. The number of nitrogen functional groups attached to an aromatic ring is 1. The first-order chi connectivity index (χ1) is 9.47. The Labute approximate surface area is 122 Å². The molecule has 104 valence electrons. The number of nitro benzene ring substituents is 1. The Balaban J connectivity index is 2.12. The second-order valence-electron chi connectivity index (χ2n) is 4.01. The molecule has 2 N–H and O–H groups in total. The Hall–Kier alpha value is -2.15. The second kappa shape index (κ2) is 5.87. The van der Waals surface area contributed by atoms with Crippen molar-refractivity contribution in [3.8, 4) is 5.75 Å². The molecule has 0 fully saturated rings. The zero-order valence-corrected chi connectivity index (χ0v) is 11.8. The number of hydrogen-bond acceptors (Lipinski definition) is 4. The van der Waals surface area contributed by atoms with Crippen molar-refractivity contribution in [1.29, 1.82) is 0 Å². The van der Waals surface area contributed by atoms with Gasteiger partial charge in [-0.2, -0.15) is 0 Å². The van der Waals surface area contributed by atoms with E-state index in [1.54, 1.807) is 12.1 Å². The molecule has 0 aromatic heterocycles. The van der Waals surface area contributed by atoms with Crippen molar-refractivity contribution in [3.05, 3.63) is 62.4 Å². The minimum absolute atomic E-state index is 0.0855. The lowest BCUT2D eigenvalue weighted by Gasteiger charge is -2.07. The van der Waals surface area contributed by atoms with Crippen LogP contribution in [0.1, 0.15) is 5.56 Å². The first kappa shape index (κ1) is 14.3. The van der Waals surface area contributed by atoms with Crippen LogP contribution in [0.3, 0.4) is 0 Å². The molecule has 7 heteroatoms. The number of nitro groups is 1. The fourth-order valence-corrected chi connectivity index (χ4v) is 1.82. The van der Waals surface area contributed by atoms with Gasteiger partial charge in [0.2, 0.25) is 0 Å². The highest BCUT2D eigenvalue weighted by atomic mass is 79.9. The monoisotopic (exact) mass is 340 g/mol. The van der Waals surface area contributed by atoms with E-state index in [0.717, 1.165) is 0 Å². The lowest BCUT2D eigenvalue weighted by Crippen LogP contribution is -2.00. The summed E-state index contributed by atoms with van der Waals surface area (Å²) in [4.78, 5) is 10.2. The van der Waals surface area contributed by atoms with E-state index in [-0.39, 0.29) is 18.0 Å². The summed E-state index contributed by atoms with van der Waals surface area (Å²) in [7, 11) is 0. The summed E-state index contributed by atoms with van der Waals surface area (Å²) in [5, 5.41) is 10.8. The van der Waals surface area contributed by atoms with E-state index in [1.807, 2.05) is 0 Å². The van der Waals surface area contributed by atoms with Crippen LogP contribution >= 0.6 is 15.9 Å². The summed E-state index contributed by atoms with van der Waals surface area (Å²) < 4.78 is 19.0. The van der Waals surface area contributed by atoms with Crippen LogP contribution in [0.5, 0.6) is 5.75 Å². The normalized spacial score (nSPS) is 10.3. The molecule has 0 radical (unpaired) electrons. The van der Waals surface area contributed by atoms with Crippen LogP contribution < -0.4 is 10.5 Å². The maximum atomic E-state index is 13.3. The van der Waals surface area contributed by atoms with Gasteiger partial charge in [0.15, 0.2) is 0 Å². The molecule has 0 spiro atoms. The molecule has 2 aromatic rings. The molecular weight excluding hydrogens is 331 g/mol. The highest BCUT2D eigenvalue weighted by molar-refractivity contribution is 9.10. The predicted octanol–water partition coefficient (Wildman–Crippen LogP) is 3.66. The Kier molecular flexibility index (Phi) is 4.19. The molecule has 2 aromatic carbocycles. The number of anilines is 1. The van der Waals surface area contributed by atoms with Gasteiger partial charge >= 0.3 is 0 Å². The van der Waals surface area contributed by atoms with Gasteiger partial charge in [0.25, 0.3) is 5.69 Å². The molecule has 0 heterocycles. The molecular formula is C13H10BrFN2O3. The van der Waals surface area contributed by atoms with Crippen LogP contribution in [-0.2, 0) is 6.61 Å². The van der Waals surface area contributed by atoms with Gasteiger partial charge in [-0.15, -0.1) is 0 Å². The van der Waals surface area contributed by atoms with Crippen molar-refractivity contribution in [2.24, 2.45) is 0 Å². The fraction of sp³-hybridized carbons (Fsp3) is 0.0769. The average molecular weight is 341 g/mol. The standard InChI is InChI=1S/C13H10BrFN2O3/c14-10-3-2-9(6-11(10)15)20-7-8-1-4-12(16)13(5-8)17(18)19/h1-6H,7,16H2. The zero-order valence-electron chi connectivity index (χ0n) is 10.2. The number of benzene rings is 2. The molecule has 0 aliphatic heterocycles. The van der Waals surface area contributed by atoms with E-state index in [4.69, 9.17) is 10.5 Å². The van der Waals surface area contributed by atoms with E-state index in [1.165, 1.54) is 24.3 Å². The third-order valence-corrected chi connectivity index (χ3v) is 3.23. The van der Waals surface area contributed by atoms with Gasteiger partial charge in [0.1, 0.15) is 23.9 Å². The minimum Gasteiger partial charge on any atom is -0.489 e. The van der Waals surface area contributed by atoms with E-state index < -0.39 is 10.7 Å². The smallest absolute Gasteiger partial charge is 0.292 e. The SMILES string of the molecule is Nc1ccc(COc2ccc(Br)c(F)c2)cc1[N+](=O)[O-]. The van der Waals surface area contributed by atoms with E-state index in [0.29, 0.717) is 15.8 Å². The van der Waals surface area contributed by atoms with Gasteiger partial charge in [-0.25, -0.2) is 4.39 Å². The number of halogens is 2. The predicted molar refractivity (Wildman–Crippen MR) is 75.9 cm³/mol. The van der Waals surface area contributed by atoms with Crippen molar-refractivity contribution < 1.29 is 14.1 Å². The van der Waals surface area contributed by atoms with Crippen LogP contribution in [0.25, 0.3) is 0 Å². The van der Waals surface area contributed by atoms with Crippen LogP contribution in [0.2, 0.25) is 0 Å². The molecule has 0 saturated heterocycles. The Morgan fingerprint density at radius 3 is 2.70 bits per heavy atom. The van der Waals surface area contributed by atoms with Crippen LogP contribution in [0.15, 0.2) is 40.9 Å². The van der Waals surface area contributed by atoms with Gasteiger partial charge in [-0.05, 0) is 39.7 Å². The van der Waals surface area contributed by atoms with Crippen LogP contribution in [0.4, 0.5) is 15.8 Å². The number of hydrogen-bond donors (Lipinski definition) is 1. The van der Waals surface area contributed by atoms with Crippen molar-refractivity contribution >= 4 is 27.3 Å². The molecule has 2 rings (SSSR count). The summed E-state index contributed by atoms with van der Waals surface area (Å²) in [6, 6.07) is 8.76. The Morgan fingerprint density at radius 2 is 2.05 bits per heavy atom. The zero-order chi connectivity index (χ0) is 14.7. The van der Waals surface area contributed by atoms with Gasteiger partial charge in [-0.1, -0.05) is 6.07 Å². The molecule has 0 bridgehead atoms. The third-order valence-electron chi connectivity index (χ3n) is 2.59. The molecule has 5 nitrogen and oxygen atoms in total. The molecule has 0 saturated carbocycles.